The first-order valence-electron chi connectivity index (χ1n) is 8.99. The van der Waals surface area contributed by atoms with Crippen LogP contribution >= 0.6 is 11.3 Å². The average molecular weight is 399 g/mol. The second-order valence-corrected chi connectivity index (χ2v) is 7.38. The zero-order valence-corrected chi connectivity index (χ0v) is 16.8. The Morgan fingerprint density at radius 1 is 1.25 bits per heavy atom. The summed E-state index contributed by atoms with van der Waals surface area (Å²) in [5, 5.41) is 3.65. The van der Waals surface area contributed by atoms with Gasteiger partial charge >= 0.3 is 5.97 Å². The van der Waals surface area contributed by atoms with Crippen molar-refractivity contribution in [2.75, 3.05) is 11.9 Å². The molecule has 146 valence electrons. The number of aryl methyl sites for hydroxylation is 1. The fourth-order valence-electron chi connectivity index (χ4n) is 3.05. The lowest BCUT2D eigenvalue weighted by atomic mass is 10.1. The number of nitrogens with one attached hydrogen (secondary N) is 1. The summed E-state index contributed by atoms with van der Waals surface area (Å²) in [7, 11) is 0. The Balaban J connectivity index is 1.87. The number of fused-ring (bicyclic) bond motifs is 1. The van der Waals surface area contributed by atoms with Crippen molar-refractivity contribution in [2.45, 2.75) is 33.7 Å². The van der Waals surface area contributed by atoms with E-state index >= 15 is 0 Å². The summed E-state index contributed by atoms with van der Waals surface area (Å²) in [6.07, 6.45) is 2.01. The fraction of sp³-hybridized carbons (Fsp3) is 0.300. The molecule has 28 heavy (non-hydrogen) atoms. The highest BCUT2D eigenvalue weighted by Crippen LogP contribution is 2.34. The molecule has 3 aromatic rings. The van der Waals surface area contributed by atoms with Crippen molar-refractivity contribution in [1.29, 1.82) is 0 Å². The molecule has 2 heterocycles. The number of carbonyl (C=O) groups is 2. The molecule has 0 bridgehead atoms. The van der Waals surface area contributed by atoms with Crippen LogP contribution in [-0.2, 0) is 22.5 Å². The summed E-state index contributed by atoms with van der Waals surface area (Å²) >= 11 is 1.33. The Labute approximate surface area is 166 Å². The molecule has 2 aromatic heterocycles. The summed E-state index contributed by atoms with van der Waals surface area (Å²) in [5.74, 6) is -0.864. The van der Waals surface area contributed by atoms with Gasteiger partial charge < -0.3 is 10.1 Å². The van der Waals surface area contributed by atoms with Gasteiger partial charge in [0.05, 0.1) is 29.4 Å². The molecule has 0 spiro atoms. The van der Waals surface area contributed by atoms with Crippen molar-refractivity contribution in [3.8, 4) is 0 Å². The van der Waals surface area contributed by atoms with Crippen LogP contribution in [0.15, 0.2) is 35.4 Å². The van der Waals surface area contributed by atoms with Crippen molar-refractivity contribution in [3.63, 3.8) is 0 Å². The van der Waals surface area contributed by atoms with E-state index in [0.29, 0.717) is 27.9 Å². The van der Waals surface area contributed by atoms with Crippen molar-refractivity contribution in [1.82, 2.24) is 9.55 Å². The number of esters is 1. The molecule has 3 rings (SSSR count). The highest BCUT2D eigenvalue weighted by molar-refractivity contribution is 7.16. The highest BCUT2D eigenvalue weighted by Gasteiger charge is 2.23. The summed E-state index contributed by atoms with van der Waals surface area (Å²) in [5.41, 5.74) is 1.55. The molecule has 0 fully saturated rings. The number of carbonyl (C=O) groups excluding carboxylic acids is 2. The predicted octanol–water partition coefficient (Wildman–Crippen LogP) is 3.14. The number of para-hydroxylation sites is 1. The van der Waals surface area contributed by atoms with E-state index in [-0.39, 0.29) is 18.7 Å². The standard InChI is InChI=1S/C20H21N3O4S/c1-4-13-12(3)28-18(17(13)20(26)27-5-2)22-16(24)10-23-11-21-15-9-7-6-8-14(15)19(23)25/h6-9,11H,4-5,10H2,1-3H3,(H,22,24). The van der Waals surface area contributed by atoms with Gasteiger partial charge in [0, 0.05) is 4.88 Å². The molecular formula is C20H21N3O4S. The summed E-state index contributed by atoms with van der Waals surface area (Å²) < 4.78 is 6.40. The molecule has 0 aliphatic carbocycles. The van der Waals surface area contributed by atoms with Gasteiger partial charge in [-0.2, -0.15) is 0 Å². The van der Waals surface area contributed by atoms with Crippen LogP contribution in [0, 0.1) is 6.92 Å². The second-order valence-electron chi connectivity index (χ2n) is 6.16. The minimum atomic E-state index is -0.455. The van der Waals surface area contributed by atoms with Gasteiger partial charge in [-0.05, 0) is 38.0 Å². The average Bonchev–Trinajstić information content (AvgIpc) is 2.99. The number of ether oxygens (including phenoxy) is 1. The third-order valence-electron chi connectivity index (χ3n) is 4.34. The Kier molecular flexibility index (Phi) is 5.89. The molecule has 0 saturated heterocycles. The lowest BCUT2D eigenvalue weighted by Crippen LogP contribution is -2.28. The molecule has 0 unspecified atom stereocenters. The van der Waals surface area contributed by atoms with E-state index in [1.165, 1.54) is 22.2 Å². The summed E-state index contributed by atoms with van der Waals surface area (Å²) in [6.45, 7) is 5.64. The first-order chi connectivity index (χ1) is 13.5. The highest BCUT2D eigenvalue weighted by atomic mass is 32.1. The van der Waals surface area contributed by atoms with E-state index in [0.717, 1.165) is 10.4 Å². The van der Waals surface area contributed by atoms with E-state index in [4.69, 9.17) is 4.74 Å². The Morgan fingerprint density at radius 2 is 2.00 bits per heavy atom. The zero-order chi connectivity index (χ0) is 20.3. The van der Waals surface area contributed by atoms with Gasteiger partial charge in [-0.1, -0.05) is 19.1 Å². The van der Waals surface area contributed by atoms with Gasteiger partial charge in [-0.15, -0.1) is 11.3 Å². The van der Waals surface area contributed by atoms with Crippen LogP contribution in [0.3, 0.4) is 0 Å². The SMILES string of the molecule is CCOC(=O)c1c(NC(=O)Cn2cnc3ccccc3c2=O)sc(C)c1CC. The normalized spacial score (nSPS) is 10.8. The minimum Gasteiger partial charge on any atom is -0.462 e. The van der Waals surface area contributed by atoms with Crippen LogP contribution in [-0.4, -0.2) is 28.0 Å². The zero-order valence-electron chi connectivity index (χ0n) is 15.9. The molecular weight excluding hydrogens is 378 g/mol. The topological polar surface area (TPSA) is 90.3 Å². The van der Waals surface area contributed by atoms with E-state index in [2.05, 4.69) is 10.3 Å². The number of nitrogens with zero attached hydrogens (tertiary/aromatic N) is 2. The minimum absolute atomic E-state index is 0.197. The maximum Gasteiger partial charge on any atom is 0.341 e. The number of rotatable bonds is 6. The van der Waals surface area contributed by atoms with Crippen LogP contribution in [0.1, 0.15) is 34.6 Å². The third kappa shape index (κ3) is 3.82. The Bertz CT molecular complexity index is 1100. The molecule has 0 radical (unpaired) electrons. The lowest BCUT2D eigenvalue weighted by molar-refractivity contribution is -0.116. The first kappa shape index (κ1) is 19.8. The number of thiophene rings is 1. The predicted molar refractivity (Wildman–Crippen MR) is 109 cm³/mol. The molecule has 0 atom stereocenters. The van der Waals surface area contributed by atoms with Gasteiger partial charge in [0.1, 0.15) is 11.5 Å². The van der Waals surface area contributed by atoms with Gasteiger partial charge in [0.15, 0.2) is 0 Å². The van der Waals surface area contributed by atoms with Crippen molar-refractivity contribution >= 4 is 39.1 Å². The van der Waals surface area contributed by atoms with Crippen LogP contribution in [0.2, 0.25) is 0 Å². The molecule has 1 N–H and O–H groups in total. The maximum atomic E-state index is 12.6. The van der Waals surface area contributed by atoms with E-state index in [9.17, 15) is 14.4 Å². The third-order valence-corrected chi connectivity index (χ3v) is 5.40. The number of anilines is 1. The largest absolute Gasteiger partial charge is 0.462 e. The molecule has 0 aliphatic rings. The molecule has 0 saturated carbocycles. The van der Waals surface area contributed by atoms with Gasteiger partial charge in [0.2, 0.25) is 5.91 Å². The lowest BCUT2D eigenvalue weighted by Gasteiger charge is -2.09. The van der Waals surface area contributed by atoms with Crippen LogP contribution in [0.5, 0.6) is 0 Å². The van der Waals surface area contributed by atoms with Crippen molar-refractivity contribution in [2.24, 2.45) is 0 Å². The summed E-state index contributed by atoms with van der Waals surface area (Å²) in [4.78, 5) is 42.7. The van der Waals surface area contributed by atoms with E-state index in [1.807, 2.05) is 13.8 Å². The smallest absolute Gasteiger partial charge is 0.341 e. The number of aromatic nitrogens is 2. The van der Waals surface area contributed by atoms with Crippen molar-refractivity contribution < 1.29 is 14.3 Å². The van der Waals surface area contributed by atoms with Gasteiger partial charge in [0.25, 0.3) is 5.56 Å². The van der Waals surface area contributed by atoms with Crippen LogP contribution < -0.4 is 10.9 Å². The van der Waals surface area contributed by atoms with E-state index < -0.39 is 11.9 Å². The maximum absolute atomic E-state index is 12.6. The Hall–Kier alpha value is -3.00. The fourth-order valence-corrected chi connectivity index (χ4v) is 4.20. The van der Waals surface area contributed by atoms with E-state index in [1.54, 1.807) is 31.2 Å². The molecule has 0 aliphatic heterocycles. The quantitative estimate of drug-likeness (QED) is 0.643. The molecule has 1 amide bonds. The number of amides is 1. The van der Waals surface area contributed by atoms with Gasteiger partial charge in [-0.25, -0.2) is 9.78 Å². The monoisotopic (exact) mass is 399 g/mol. The molecule has 7 nitrogen and oxygen atoms in total. The van der Waals surface area contributed by atoms with Crippen molar-refractivity contribution in [3.05, 3.63) is 57.0 Å². The molecule has 8 heteroatoms. The first-order valence-corrected chi connectivity index (χ1v) is 9.81. The van der Waals surface area contributed by atoms with Crippen LogP contribution in [0.25, 0.3) is 10.9 Å². The summed E-state index contributed by atoms with van der Waals surface area (Å²) in [6, 6.07) is 6.97. The number of hydrogen-bond donors (Lipinski definition) is 1. The molecule has 1 aromatic carbocycles. The van der Waals surface area contributed by atoms with Crippen LogP contribution in [0.4, 0.5) is 5.00 Å². The Morgan fingerprint density at radius 3 is 2.71 bits per heavy atom. The number of benzene rings is 1. The second kappa shape index (κ2) is 8.35. The number of hydrogen-bond acceptors (Lipinski definition) is 6. The van der Waals surface area contributed by atoms with Gasteiger partial charge in [-0.3, -0.25) is 14.2 Å².